The SMILES string of the molecule is COC(=O)C1=C(C(=O)OC)N(c2c(C)c(C)cc3[nH]cnc23)C=CC=C1. The number of fused-ring (bicyclic) bond motifs is 1. The zero-order valence-electron chi connectivity index (χ0n) is 15.0. The van der Waals surface area contributed by atoms with Crippen molar-refractivity contribution < 1.29 is 19.1 Å². The van der Waals surface area contributed by atoms with Gasteiger partial charge in [-0.05, 0) is 43.2 Å². The average molecular weight is 353 g/mol. The highest BCUT2D eigenvalue weighted by molar-refractivity contribution is 6.07. The first-order chi connectivity index (χ1) is 12.5. The number of aromatic nitrogens is 2. The minimum atomic E-state index is -0.647. The lowest BCUT2D eigenvalue weighted by Gasteiger charge is -2.25. The van der Waals surface area contributed by atoms with Gasteiger partial charge in [0.2, 0.25) is 0 Å². The Labute approximate surface area is 150 Å². The van der Waals surface area contributed by atoms with Crippen LogP contribution in [-0.2, 0) is 19.1 Å². The Bertz CT molecular complexity index is 982. The second-order valence-electron chi connectivity index (χ2n) is 5.78. The van der Waals surface area contributed by atoms with Crippen LogP contribution >= 0.6 is 0 Å². The molecule has 0 bridgehead atoms. The van der Waals surface area contributed by atoms with Gasteiger partial charge in [-0.1, -0.05) is 6.08 Å². The van der Waals surface area contributed by atoms with Gasteiger partial charge >= 0.3 is 11.9 Å². The molecule has 2 aromatic rings. The standard InChI is InChI=1S/C19H19N3O4/c1-11-9-14-15(21-10-20-14)16(12(11)2)22-8-6-5-7-13(18(23)25-3)17(22)19(24)26-4/h5-10H,1-4H3,(H,20,21). The molecule has 0 fully saturated rings. The summed E-state index contributed by atoms with van der Waals surface area (Å²) in [7, 11) is 2.54. The van der Waals surface area contributed by atoms with Crippen molar-refractivity contribution in [2.45, 2.75) is 13.8 Å². The van der Waals surface area contributed by atoms with Gasteiger partial charge in [0.15, 0.2) is 0 Å². The molecule has 0 saturated heterocycles. The molecule has 7 heteroatoms. The Kier molecular flexibility index (Phi) is 4.62. The van der Waals surface area contributed by atoms with Crippen LogP contribution in [0.1, 0.15) is 11.1 Å². The quantitative estimate of drug-likeness (QED) is 0.854. The van der Waals surface area contributed by atoms with Gasteiger partial charge in [0.1, 0.15) is 11.2 Å². The van der Waals surface area contributed by atoms with Gasteiger partial charge in [0, 0.05) is 6.20 Å². The summed E-state index contributed by atoms with van der Waals surface area (Å²) in [6, 6.07) is 1.99. The number of H-pyrrole nitrogens is 1. The molecular weight excluding hydrogens is 334 g/mol. The summed E-state index contributed by atoms with van der Waals surface area (Å²) in [5, 5.41) is 0. The maximum absolute atomic E-state index is 12.6. The van der Waals surface area contributed by atoms with Crippen molar-refractivity contribution in [2.75, 3.05) is 19.1 Å². The monoisotopic (exact) mass is 353 g/mol. The molecule has 1 aromatic carbocycles. The molecule has 134 valence electrons. The molecule has 2 heterocycles. The van der Waals surface area contributed by atoms with Gasteiger partial charge in [-0.25, -0.2) is 14.6 Å². The smallest absolute Gasteiger partial charge is 0.355 e. The van der Waals surface area contributed by atoms with Crippen molar-refractivity contribution in [3.05, 3.63) is 59.2 Å². The van der Waals surface area contributed by atoms with Crippen LogP contribution in [0.3, 0.4) is 0 Å². The van der Waals surface area contributed by atoms with E-state index in [0.717, 1.165) is 16.6 Å². The van der Waals surface area contributed by atoms with Crippen LogP contribution in [0.2, 0.25) is 0 Å². The van der Waals surface area contributed by atoms with Gasteiger partial charge < -0.3 is 19.4 Å². The van der Waals surface area contributed by atoms with Crippen LogP contribution in [0.25, 0.3) is 11.0 Å². The Morgan fingerprint density at radius 3 is 2.54 bits per heavy atom. The Morgan fingerprint density at radius 2 is 1.85 bits per heavy atom. The molecule has 0 saturated carbocycles. The molecule has 1 aliphatic heterocycles. The van der Waals surface area contributed by atoms with E-state index in [9.17, 15) is 9.59 Å². The predicted octanol–water partition coefficient (Wildman–Crippen LogP) is 2.67. The summed E-state index contributed by atoms with van der Waals surface area (Å²) < 4.78 is 9.79. The number of carbonyl (C=O) groups is 2. The summed E-state index contributed by atoms with van der Waals surface area (Å²) in [6.07, 6.45) is 8.23. The molecule has 1 aromatic heterocycles. The van der Waals surface area contributed by atoms with E-state index in [1.165, 1.54) is 20.3 Å². The number of nitrogens with zero attached hydrogens (tertiary/aromatic N) is 2. The van der Waals surface area contributed by atoms with E-state index in [4.69, 9.17) is 9.47 Å². The summed E-state index contributed by atoms with van der Waals surface area (Å²) in [6.45, 7) is 3.92. The van der Waals surface area contributed by atoms with E-state index in [1.54, 1.807) is 29.6 Å². The van der Waals surface area contributed by atoms with Crippen molar-refractivity contribution in [1.29, 1.82) is 0 Å². The molecule has 1 aliphatic rings. The predicted molar refractivity (Wildman–Crippen MR) is 97.4 cm³/mol. The van der Waals surface area contributed by atoms with Crippen molar-refractivity contribution in [3.8, 4) is 0 Å². The van der Waals surface area contributed by atoms with E-state index >= 15 is 0 Å². The fourth-order valence-electron chi connectivity index (χ4n) is 2.92. The fraction of sp³-hybridized carbons (Fsp3) is 0.211. The van der Waals surface area contributed by atoms with Gasteiger partial charge in [-0.2, -0.15) is 0 Å². The minimum absolute atomic E-state index is 0.0716. The summed E-state index contributed by atoms with van der Waals surface area (Å²) in [5.74, 6) is -1.27. The fourth-order valence-corrected chi connectivity index (χ4v) is 2.92. The van der Waals surface area contributed by atoms with Crippen LogP contribution < -0.4 is 4.90 Å². The Balaban J connectivity index is 2.35. The number of allylic oxidation sites excluding steroid dienone is 2. The Hall–Kier alpha value is -3.35. The Morgan fingerprint density at radius 1 is 1.12 bits per heavy atom. The summed E-state index contributed by atoms with van der Waals surface area (Å²) in [5.41, 5.74) is 4.34. The van der Waals surface area contributed by atoms with Gasteiger partial charge in [-0.3, -0.25) is 0 Å². The first kappa shape index (κ1) is 17.5. The maximum Gasteiger partial charge on any atom is 0.355 e. The van der Waals surface area contributed by atoms with Crippen molar-refractivity contribution >= 4 is 28.7 Å². The lowest BCUT2D eigenvalue weighted by Crippen LogP contribution is -2.27. The van der Waals surface area contributed by atoms with Crippen LogP contribution in [0, 0.1) is 13.8 Å². The number of hydrogen-bond acceptors (Lipinski definition) is 6. The molecule has 0 atom stereocenters. The van der Waals surface area contributed by atoms with E-state index in [1.807, 2.05) is 19.9 Å². The topological polar surface area (TPSA) is 84.5 Å². The normalized spacial score (nSPS) is 13.9. The largest absolute Gasteiger partial charge is 0.465 e. The summed E-state index contributed by atoms with van der Waals surface area (Å²) >= 11 is 0. The number of anilines is 1. The third-order valence-corrected chi connectivity index (χ3v) is 4.33. The third kappa shape index (κ3) is 2.77. The number of hydrogen-bond donors (Lipinski definition) is 1. The number of rotatable bonds is 3. The minimum Gasteiger partial charge on any atom is -0.465 e. The van der Waals surface area contributed by atoms with E-state index < -0.39 is 11.9 Å². The molecule has 7 nitrogen and oxygen atoms in total. The number of nitrogens with one attached hydrogen (secondary N) is 1. The first-order valence-corrected chi connectivity index (χ1v) is 7.97. The lowest BCUT2D eigenvalue weighted by atomic mass is 10.0. The zero-order valence-corrected chi connectivity index (χ0v) is 15.0. The highest BCUT2D eigenvalue weighted by Crippen LogP contribution is 2.35. The molecule has 0 unspecified atom stereocenters. The van der Waals surface area contributed by atoms with E-state index in [-0.39, 0.29) is 11.3 Å². The van der Waals surface area contributed by atoms with Gasteiger partial charge in [0.05, 0.1) is 37.3 Å². The highest BCUT2D eigenvalue weighted by Gasteiger charge is 2.29. The number of aryl methyl sites for hydroxylation is 1. The summed E-state index contributed by atoms with van der Waals surface area (Å²) in [4.78, 5) is 34.0. The second kappa shape index (κ2) is 6.87. The average Bonchev–Trinajstić information content (AvgIpc) is 2.98. The van der Waals surface area contributed by atoms with E-state index in [0.29, 0.717) is 11.2 Å². The van der Waals surface area contributed by atoms with E-state index in [2.05, 4.69) is 9.97 Å². The maximum atomic E-state index is 12.6. The number of esters is 2. The number of aromatic amines is 1. The van der Waals surface area contributed by atoms with Crippen LogP contribution in [0.15, 0.2) is 48.1 Å². The second-order valence-corrected chi connectivity index (χ2v) is 5.78. The molecule has 0 aliphatic carbocycles. The van der Waals surface area contributed by atoms with Crippen molar-refractivity contribution in [1.82, 2.24) is 9.97 Å². The lowest BCUT2D eigenvalue weighted by molar-refractivity contribution is -0.139. The number of ether oxygens (including phenoxy) is 2. The molecule has 0 spiro atoms. The van der Waals surface area contributed by atoms with Crippen LogP contribution in [-0.4, -0.2) is 36.1 Å². The zero-order chi connectivity index (χ0) is 18.8. The number of benzene rings is 1. The molecule has 0 amide bonds. The highest BCUT2D eigenvalue weighted by atomic mass is 16.5. The first-order valence-electron chi connectivity index (χ1n) is 7.97. The van der Waals surface area contributed by atoms with Gasteiger partial charge in [0.25, 0.3) is 0 Å². The number of carbonyl (C=O) groups excluding carboxylic acids is 2. The molecule has 26 heavy (non-hydrogen) atoms. The van der Waals surface area contributed by atoms with Crippen LogP contribution in [0.4, 0.5) is 5.69 Å². The van der Waals surface area contributed by atoms with Gasteiger partial charge in [-0.15, -0.1) is 0 Å². The third-order valence-electron chi connectivity index (χ3n) is 4.33. The number of methoxy groups -OCH3 is 2. The van der Waals surface area contributed by atoms with Crippen molar-refractivity contribution in [3.63, 3.8) is 0 Å². The van der Waals surface area contributed by atoms with Crippen LogP contribution in [0.5, 0.6) is 0 Å². The molecular formula is C19H19N3O4. The molecule has 1 N–H and O–H groups in total. The molecule has 0 radical (unpaired) electrons. The molecule has 3 rings (SSSR count). The number of imidazole rings is 1. The van der Waals surface area contributed by atoms with Crippen molar-refractivity contribution in [2.24, 2.45) is 0 Å².